The molecule has 5 nitrogen and oxygen atoms in total. The standard InChI is InChI=1S/C12H17NO4/c1-2-16-10-3-5-11(6-4-10)17-8-9(13)7-12(14)15/h3-6,9H,2,7-8,13H2,1H3,(H,14,15). The van der Waals surface area contributed by atoms with Crippen LogP contribution in [0.4, 0.5) is 0 Å². The molecule has 0 aliphatic carbocycles. The lowest BCUT2D eigenvalue weighted by atomic mass is 10.2. The average Bonchev–Trinajstić information content (AvgIpc) is 2.28. The van der Waals surface area contributed by atoms with Crippen molar-refractivity contribution in [1.82, 2.24) is 0 Å². The van der Waals surface area contributed by atoms with Crippen LogP contribution in [-0.2, 0) is 4.79 Å². The average molecular weight is 239 g/mol. The van der Waals surface area contributed by atoms with E-state index in [2.05, 4.69) is 0 Å². The maximum atomic E-state index is 10.4. The minimum Gasteiger partial charge on any atom is -0.494 e. The summed E-state index contributed by atoms with van der Waals surface area (Å²) in [6, 6.07) is 6.61. The van der Waals surface area contributed by atoms with Crippen molar-refractivity contribution in [3.05, 3.63) is 24.3 Å². The summed E-state index contributed by atoms with van der Waals surface area (Å²) in [7, 11) is 0. The molecular weight excluding hydrogens is 222 g/mol. The Labute approximate surface area is 100 Å². The number of carboxylic acid groups (broad SMARTS) is 1. The van der Waals surface area contributed by atoms with E-state index in [-0.39, 0.29) is 13.0 Å². The Morgan fingerprint density at radius 3 is 2.29 bits per heavy atom. The zero-order valence-electron chi connectivity index (χ0n) is 9.76. The van der Waals surface area contributed by atoms with Gasteiger partial charge in [0.05, 0.1) is 13.0 Å². The molecule has 1 aromatic carbocycles. The van der Waals surface area contributed by atoms with Gasteiger partial charge in [-0.25, -0.2) is 0 Å². The summed E-state index contributed by atoms with van der Waals surface area (Å²) in [5.74, 6) is 0.497. The molecule has 1 unspecified atom stereocenters. The molecule has 0 radical (unpaired) electrons. The van der Waals surface area contributed by atoms with E-state index in [4.69, 9.17) is 20.3 Å². The highest BCUT2D eigenvalue weighted by atomic mass is 16.5. The van der Waals surface area contributed by atoms with Crippen LogP contribution < -0.4 is 15.2 Å². The molecule has 17 heavy (non-hydrogen) atoms. The predicted molar refractivity (Wildman–Crippen MR) is 63.3 cm³/mol. The Morgan fingerprint density at radius 2 is 1.82 bits per heavy atom. The first-order valence-electron chi connectivity index (χ1n) is 5.45. The molecule has 0 fully saturated rings. The van der Waals surface area contributed by atoms with Crippen molar-refractivity contribution >= 4 is 5.97 Å². The molecule has 0 aromatic heterocycles. The second-order valence-electron chi connectivity index (χ2n) is 3.57. The molecule has 1 rings (SSSR count). The number of hydrogen-bond acceptors (Lipinski definition) is 4. The lowest BCUT2D eigenvalue weighted by molar-refractivity contribution is -0.137. The van der Waals surface area contributed by atoms with Crippen LogP contribution in [0.5, 0.6) is 11.5 Å². The van der Waals surface area contributed by atoms with Gasteiger partial charge in [-0.2, -0.15) is 0 Å². The second kappa shape index (κ2) is 6.75. The molecule has 1 aromatic rings. The molecule has 0 spiro atoms. The summed E-state index contributed by atoms with van der Waals surface area (Å²) in [5.41, 5.74) is 5.57. The number of rotatable bonds is 7. The molecule has 0 aliphatic rings. The lowest BCUT2D eigenvalue weighted by Gasteiger charge is -2.11. The van der Waals surface area contributed by atoms with E-state index in [1.54, 1.807) is 24.3 Å². The van der Waals surface area contributed by atoms with Crippen LogP contribution in [0.15, 0.2) is 24.3 Å². The van der Waals surface area contributed by atoms with E-state index < -0.39 is 12.0 Å². The minimum absolute atomic E-state index is 0.100. The van der Waals surface area contributed by atoms with Gasteiger partial charge in [-0.15, -0.1) is 0 Å². The lowest BCUT2D eigenvalue weighted by Crippen LogP contribution is -2.30. The minimum atomic E-state index is -0.923. The van der Waals surface area contributed by atoms with Crippen molar-refractivity contribution in [3.63, 3.8) is 0 Å². The van der Waals surface area contributed by atoms with E-state index >= 15 is 0 Å². The van der Waals surface area contributed by atoms with Gasteiger partial charge in [0.1, 0.15) is 18.1 Å². The first-order chi connectivity index (χ1) is 8.11. The fourth-order valence-electron chi connectivity index (χ4n) is 1.29. The Morgan fingerprint density at radius 1 is 1.29 bits per heavy atom. The van der Waals surface area contributed by atoms with Gasteiger partial charge in [0.2, 0.25) is 0 Å². The van der Waals surface area contributed by atoms with Crippen molar-refractivity contribution in [2.45, 2.75) is 19.4 Å². The van der Waals surface area contributed by atoms with E-state index in [1.807, 2.05) is 6.92 Å². The summed E-state index contributed by atoms with van der Waals surface area (Å²) < 4.78 is 10.6. The van der Waals surface area contributed by atoms with Crippen molar-refractivity contribution in [3.8, 4) is 11.5 Å². The SMILES string of the molecule is CCOc1ccc(OCC(N)CC(=O)O)cc1. The molecule has 0 bridgehead atoms. The molecule has 0 aliphatic heterocycles. The number of hydrogen-bond donors (Lipinski definition) is 2. The van der Waals surface area contributed by atoms with Crippen LogP contribution in [0.1, 0.15) is 13.3 Å². The maximum Gasteiger partial charge on any atom is 0.305 e. The zero-order valence-corrected chi connectivity index (χ0v) is 9.76. The van der Waals surface area contributed by atoms with E-state index in [0.717, 1.165) is 5.75 Å². The number of carboxylic acids is 1. The third kappa shape index (κ3) is 5.21. The first kappa shape index (κ1) is 13.3. The highest BCUT2D eigenvalue weighted by Gasteiger charge is 2.08. The van der Waals surface area contributed by atoms with Gasteiger partial charge in [-0.3, -0.25) is 4.79 Å². The van der Waals surface area contributed by atoms with Crippen LogP contribution in [0, 0.1) is 0 Å². The van der Waals surface area contributed by atoms with Crippen molar-refractivity contribution in [2.24, 2.45) is 5.73 Å². The smallest absolute Gasteiger partial charge is 0.305 e. The van der Waals surface area contributed by atoms with Crippen molar-refractivity contribution < 1.29 is 19.4 Å². The number of benzene rings is 1. The van der Waals surface area contributed by atoms with Gasteiger partial charge in [0.25, 0.3) is 0 Å². The Bertz CT molecular complexity index is 350. The van der Waals surface area contributed by atoms with Gasteiger partial charge < -0.3 is 20.3 Å². The summed E-state index contributed by atoms with van der Waals surface area (Å²) >= 11 is 0. The van der Waals surface area contributed by atoms with Gasteiger partial charge in [-0.05, 0) is 31.2 Å². The van der Waals surface area contributed by atoms with Gasteiger partial charge in [0.15, 0.2) is 0 Å². The van der Waals surface area contributed by atoms with Crippen LogP contribution in [0.25, 0.3) is 0 Å². The molecule has 0 amide bonds. The van der Waals surface area contributed by atoms with Gasteiger partial charge in [0, 0.05) is 6.04 Å². The first-order valence-corrected chi connectivity index (χ1v) is 5.45. The van der Waals surface area contributed by atoms with Crippen LogP contribution in [0.2, 0.25) is 0 Å². The maximum absolute atomic E-state index is 10.4. The Kier molecular flexibility index (Phi) is 5.29. The summed E-state index contributed by atoms with van der Waals surface area (Å²) in [6.45, 7) is 2.71. The molecule has 94 valence electrons. The summed E-state index contributed by atoms with van der Waals surface area (Å²) in [5, 5.41) is 8.52. The van der Waals surface area contributed by atoms with E-state index in [1.165, 1.54) is 0 Å². The van der Waals surface area contributed by atoms with Crippen LogP contribution in [-0.4, -0.2) is 30.3 Å². The van der Waals surface area contributed by atoms with Crippen LogP contribution >= 0.6 is 0 Å². The largest absolute Gasteiger partial charge is 0.494 e. The number of carbonyl (C=O) groups is 1. The van der Waals surface area contributed by atoms with E-state index in [0.29, 0.717) is 12.4 Å². The third-order valence-electron chi connectivity index (χ3n) is 2.04. The fraction of sp³-hybridized carbons (Fsp3) is 0.417. The molecular formula is C12H17NO4. The number of nitrogens with two attached hydrogens (primary N) is 1. The molecule has 0 saturated heterocycles. The predicted octanol–water partition coefficient (Wildman–Crippen LogP) is 1.27. The van der Waals surface area contributed by atoms with Crippen molar-refractivity contribution in [1.29, 1.82) is 0 Å². The molecule has 3 N–H and O–H groups in total. The number of aliphatic carboxylic acids is 1. The highest BCUT2D eigenvalue weighted by molar-refractivity contribution is 5.67. The monoisotopic (exact) mass is 239 g/mol. The Hall–Kier alpha value is -1.75. The van der Waals surface area contributed by atoms with Crippen molar-refractivity contribution in [2.75, 3.05) is 13.2 Å². The number of ether oxygens (including phenoxy) is 2. The molecule has 1 atom stereocenters. The molecule has 5 heteroatoms. The van der Waals surface area contributed by atoms with E-state index in [9.17, 15) is 4.79 Å². The summed E-state index contributed by atoms with van der Waals surface area (Å²) in [4.78, 5) is 10.4. The normalized spacial score (nSPS) is 11.9. The van der Waals surface area contributed by atoms with Gasteiger partial charge >= 0.3 is 5.97 Å². The highest BCUT2D eigenvalue weighted by Crippen LogP contribution is 2.17. The quantitative estimate of drug-likeness (QED) is 0.748. The topological polar surface area (TPSA) is 81.8 Å². The molecule has 0 saturated carbocycles. The third-order valence-corrected chi connectivity index (χ3v) is 2.04. The second-order valence-corrected chi connectivity index (χ2v) is 3.57. The van der Waals surface area contributed by atoms with Gasteiger partial charge in [-0.1, -0.05) is 0 Å². The fourth-order valence-corrected chi connectivity index (χ4v) is 1.29. The summed E-state index contributed by atoms with van der Waals surface area (Å²) in [6.07, 6.45) is -0.100. The van der Waals surface area contributed by atoms with Crippen LogP contribution in [0.3, 0.4) is 0 Å². The Balaban J connectivity index is 2.38. The zero-order chi connectivity index (χ0) is 12.7. The molecule has 0 heterocycles.